The van der Waals surface area contributed by atoms with E-state index in [-0.39, 0.29) is 11.3 Å². The van der Waals surface area contributed by atoms with Crippen molar-refractivity contribution in [2.24, 2.45) is 40.4 Å². The number of hydrogen-bond acceptors (Lipinski definition) is 2. The molecular formula is C20H30O2. The highest BCUT2D eigenvalue weighted by atomic mass is 16.1. The van der Waals surface area contributed by atoms with Crippen molar-refractivity contribution in [2.75, 3.05) is 0 Å². The van der Waals surface area contributed by atoms with E-state index in [9.17, 15) is 9.59 Å². The minimum atomic E-state index is -0.0630. The van der Waals surface area contributed by atoms with Gasteiger partial charge in [-0.15, -0.1) is 0 Å². The molecule has 0 radical (unpaired) electrons. The summed E-state index contributed by atoms with van der Waals surface area (Å²) in [6, 6.07) is 0. The predicted molar refractivity (Wildman–Crippen MR) is 86.3 cm³/mol. The van der Waals surface area contributed by atoms with Gasteiger partial charge in [-0.25, -0.2) is 0 Å². The van der Waals surface area contributed by atoms with Crippen LogP contribution in [0.5, 0.6) is 0 Å². The molecule has 0 aromatic rings. The molecule has 0 spiro atoms. The fraction of sp³-hybridized carbons (Fsp3) is 0.900. The third-order valence-corrected chi connectivity index (χ3v) is 8.56. The van der Waals surface area contributed by atoms with Gasteiger partial charge in [0.25, 0.3) is 0 Å². The van der Waals surface area contributed by atoms with E-state index in [1.54, 1.807) is 0 Å². The first-order chi connectivity index (χ1) is 10.5. The largest absolute Gasteiger partial charge is 0.303 e. The second-order valence-corrected chi connectivity index (χ2v) is 9.19. The summed E-state index contributed by atoms with van der Waals surface area (Å²) in [6.45, 7) is 4.72. The summed E-state index contributed by atoms with van der Waals surface area (Å²) >= 11 is 0. The molecule has 7 atom stereocenters. The molecule has 0 aromatic heterocycles. The van der Waals surface area contributed by atoms with Crippen LogP contribution in [0.1, 0.15) is 71.6 Å². The third kappa shape index (κ3) is 1.79. The fourth-order valence-corrected chi connectivity index (χ4v) is 7.38. The minimum absolute atomic E-state index is 0.0630. The van der Waals surface area contributed by atoms with Gasteiger partial charge in [0.2, 0.25) is 0 Å². The first-order valence-electron chi connectivity index (χ1n) is 9.49. The van der Waals surface area contributed by atoms with Gasteiger partial charge in [-0.05, 0) is 67.6 Å². The molecule has 2 nitrogen and oxygen atoms in total. The Labute approximate surface area is 134 Å². The average molecular weight is 302 g/mol. The lowest BCUT2D eigenvalue weighted by atomic mass is 9.43. The van der Waals surface area contributed by atoms with E-state index in [0.29, 0.717) is 29.0 Å². The Bertz CT molecular complexity index is 498. The maximum atomic E-state index is 12.4. The molecule has 22 heavy (non-hydrogen) atoms. The maximum absolute atomic E-state index is 12.4. The Hall–Kier alpha value is -0.660. The van der Waals surface area contributed by atoms with Gasteiger partial charge in [0.15, 0.2) is 0 Å². The first-order valence-corrected chi connectivity index (χ1v) is 9.49. The molecule has 2 heteroatoms. The lowest BCUT2D eigenvalue weighted by Gasteiger charge is -2.61. The van der Waals surface area contributed by atoms with Crippen LogP contribution < -0.4 is 0 Å². The van der Waals surface area contributed by atoms with Crippen molar-refractivity contribution in [1.82, 2.24) is 0 Å². The van der Waals surface area contributed by atoms with Gasteiger partial charge in [0.05, 0.1) is 0 Å². The summed E-state index contributed by atoms with van der Waals surface area (Å²) in [4.78, 5) is 24.2. The molecule has 0 aromatic carbocycles. The van der Waals surface area contributed by atoms with Crippen LogP contribution in [0.3, 0.4) is 0 Å². The molecule has 0 saturated heterocycles. The standard InChI is InChI=1S/C20H30O2/c1-19-9-4-3-5-15(19)13(12-21)11-14-16-6-7-18(22)20(16,2)10-8-17(14)19/h12-17H,3-11H2,1-2H3/t13?,14-,15?,16-,17+,19-,20-/m0/s1. The molecule has 4 aliphatic carbocycles. The van der Waals surface area contributed by atoms with E-state index in [1.807, 2.05) is 0 Å². The Morgan fingerprint density at radius 3 is 2.59 bits per heavy atom. The predicted octanol–water partition coefficient (Wildman–Crippen LogP) is 4.41. The molecule has 0 aliphatic heterocycles. The molecule has 2 unspecified atom stereocenters. The van der Waals surface area contributed by atoms with E-state index in [2.05, 4.69) is 13.8 Å². The normalized spacial score (nSPS) is 54.3. The Balaban J connectivity index is 1.71. The van der Waals surface area contributed by atoms with Crippen molar-refractivity contribution >= 4 is 12.1 Å². The number of Topliss-reactive ketones (excluding diaryl/α,β-unsaturated/α-hetero) is 1. The Kier molecular flexibility index (Phi) is 3.33. The van der Waals surface area contributed by atoms with Gasteiger partial charge in [-0.3, -0.25) is 4.79 Å². The van der Waals surface area contributed by atoms with Gasteiger partial charge in [-0.2, -0.15) is 0 Å². The first kappa shape index (κ1) is 14.9. The topological polar surface area (TPSA) is 34.1 Å². The van der Waals surface area contributed by atoms with Gasteiger partial charge < -0.3 is 4.79 Å². The van der Waals surface area contributed by atoms with Gasteiger partial charge in [0.1, 0.15) is 12.1 Å². The van der Waals surface area contributed by atoms with E-state index in [0.717, 1.165) is 31.6 Å². The highest BCUT2D eigenvalue weighted by Gasteiger charge is 2.61. The summed E-state index contributed by atoms with van der Waals surface area (Å²) in [6.07, 6.45) is 11.7. The summed E-state index contributed by atoms with van der Waals surface area (Å²) in [5, 5.41) is 0. The fourth-order valence-electron chi connectivity index (χ4n) is 7.38. The molecule has 0 amide bonds. The molecular weight excluding hydrogens is 272 g/mol. The molecule has 4 saturated carbocycles. The molecule has 0 bridgehead atoms. The second-order valence-electron chi connectivity index (χ2n) is 9.19. The lowest BCUT2D eigenvalue weighted by molar-refractivity contribution is -0.150. The lowest BCUT2D eigenvalue weighted by Crippen LogP contribution is -2.55. The number of rotatable bonds is 1. The van der Waals surface area contributed by atoms with Gasteiger partial charge in [-0.1, -0.05) is 26.7 Å². The number of hydrogen-bond donors (Lipinski definition) is 0. The van der Waals surface area contributed by atoms with Crippen LogP contribution in [0.2, 0.25) is 0 Å². The van der Waals surface area contributed by atoms with Crippen LogP contribution in [0.4, 0.5) is 0 Å². The van der Waals surface area contributed by atoms with E-state index < -0.39 is 0 Å². The number of ketones is 1. The third-order valence-electron chi connectivity index (χ3n) is 8.56. The molecule has 4 aliphatic rings. The molecule has 4 fully saturated rings. The highest BCUT2D eigenvalue weighted by Crippen LogP contribution is 2.66. The summed E-state index contributed by atoms with van der Waals surface area (Å²) in [5.41, 5.74) is 0.298. The van der Waals surface area contributed by atoms with Crippen LogP contribution in [0, 0.1) is 40.4 Å². The van der Waals surface area contributed by atoms with E-state index >= 15 is 0 Å². The number of carbonyl (C=O) groups is 2. The van der Waals surface area contributed by atoms with Crippen LogP contribution in [0.25, 0.3) is 0 Å². The quantitative estimate of drug-likeness (QED) is 0.672. The van der Waals surface area contributed by atoms with Crippen LogP contribution in [-0.2, 0) is 9.59 Å². The van der Waals surface area contributed by atoms with Crippen molar-refractivity contribution in [3.05, 3.63) is 0 Å². The zero-order chi connectivity index (χ0) is 15.5. The van der Waals surface area contributed by atoms with Crippen molar-refractivity contribution in [3.8, 4) is 0 Å². The van der Waals surface area contributed by atoms with Crippen molar-refractivity contribution < 1.29 is 9.59 Å². The monoisotopic (exact) mass is 302 g/mol. The second kappa shape index (κ2) is 4.92. The zero-order valence-corrected chi connectivity index (χ0v) is 14.1. The van der Waals surface area contributed by atoms with Crippen LogP contribution in [-0.4, -0.2) is 12.1 Å². The maximum Gasteiger partial charge on any atom is 0.139 e. The van der Waals surface area contributed by atoms with Crippen LogP contribution >= 0.6 is 0 Å². The Morgan fingerprint density at radius 2 is 1.82 bits per heavy atom. The van der Waals surface area contributed by atoms with Gasteiger partial charge in [0, 0.05) is 17.8 Å². The van der Waals surface area contributed by atoms with E-state index in [1.165, 1.54) is 38.4 Å². The molecule has 122 valence electrons. The summed E-state index contributed by atoms with van der Waals surface area (Å²) in [5.74, 6) is 3.32. The molecule has 0 N–H and O–H groups in total. The van der Waals surface area contributed by atoms with Gasteiger partial charge >= 0.3 is 0 Å². The smallest absolute Gasteiger partial charge is 0.139 e. The van der Waals surface area contributed by atoms with E-state index in [4.69, 9.17) is 0 Å². The van der Waals surface area contributed by atoms with Crippen molar-refractivity contribution in [3.63, 3.8) is 0 Å². The zero-order valence-electron chi connectivity index (χ0n) is 14.1. The van der Waals surface area contributed by atoms with Crippen LogP contribution in [0.15, 0.2) is 0 Å². The highest BCUT2D eigenvalue weighted by molar-refractivity contribution is 5.87. The number of carbonyl (C=O) groups excluding carboxylic acids is 2. The van der Waals surface area contributed by atoms with Crippen molar-refractivity contribution in [1.29, 1.82) is 0 Å². The minimum Gasteiger partial charge on any atom is -0.303 e. The SMILES string of the molecule is C[C@]12CCCCC1C(C=O)C[C@@H]1[C@H]2CC[C@]2(C)C(=O)CC[C@@H]12. The molecule has 0 heterocycles. The number of aldehydes is 1. The molecule has 4 rings (SSSR count). The number of fused-ring (bicyclic) bond motifs is 5. The average Bonchev–Trinajstić information content (AvgIpc) is 2.82. The van der Waals surface area contributed by atoms with Crippen molar-refractivity contribution in [2.45, 2.75) is 71.6 Å². The Morgan fingerprint density at radius 1 is 1.00 bits per heavy atom. The summed E-state index contributed by atoms with van der Waals surface area (Å²) < 4.78 is 0. The summed E-state index contributed by atoms with van der Waals surface area (Å²) in [7, 11) is 0.